The van der Waals surface area contributed by atoms with Crippen molar-refractivity contribution in [2.24, 2.45) is 17.3 Å². The van der Waals surface area contributed by atoms with Crippen molar-refractivity contribution in [2.75, 3.05) is 0 Å². The molecule has 0 aromatic heterocycles. The smallest absolute Gasteiger partial charge is 0.342 e. The zero-order chi connectivity index (χ0) is 30.8. The molecular weight excluding hydrogens is 544 g/mol. The fraction of sp³-hybridized carbons (Fsp3) is 0.750. The predicted molar refractivity (Wildman–Crippen MR) is 135 cm³/mol. The van der Waals surface area contributed by atoms with E-state index in [4.69, 9.17) is 28.4 Å². The van der Waals surface area contributed by atoms with Gasteiger partial charge in [0, 0.05) is 40.0 Å². The van der Waals surface area contributed by atoms with Gasteiger partial charge in [-0.3, -0.25) is 19.2 Å². The maximum atomic E-state index is 13.1. The van der Waals surface area contributed by atoms with Crippen molar-refractivity contribution < 1.29 is 62.6 Å². The summed E-state index contributed by atoms with van der Waals surface area (Å²) in [5.41, 5.74) is -4.55. The van der Waals surface area contributed by atoms with E-state index in [0.29, 0.717) is 0 Å². The van der Waals surface area contributed by atoms with Crippen LogP contribution in [0.25, 0.3) is 0 Å². The number of hydrogen-bond acceptors (Lipinski definition) is 13. The Kier molecular flexibility index (Phi) is 7.81. The topological polar surface area (TPSA) is 184 Å². The molecule has 13 heteroatoms. The molecule has 2 saturated heterocycles. The Morgan fingerprint density at radius 1 is 0.902 bits per heavy atom. The molecule has 3 fully saturated rings. The van der Waals surface area contributed by atoms with Crippen LogP contribution in [-0.4, -0.2) is 94.0 Å². The van der Waals surface area contributed by atoms with Crippen molar-refractivity contribution in [3.8, 4) is 0 Å². The minimum absolute atomic E-state index is 0.123. The molecule has 2 aliphatic carbocycles. The minimum atomic E-state index is -1.73. The molecule has 228 valence electrons. The first-order chi connectivity index (χ1) is 18.9. The normalized spacial score (nSPS) is 45.0. The van der Waals surface area contributed by atoms with E-state index in [-0.39, 0.29) is 12.0 Å². The second kappa shape index (κ2) is 10.4. The van der Waals surface area contributed by atoms with E-state index in [1.165, 1.54) is 26.8 Å². The van der Waals surface area contributed by atoms with Crippen molar-refractivity contribution in [2.45, 2.75) is 116 Å². The summed E-state index contributed by atoms with van der Waals surface area (Å²) in [7, 11) is 0. The molecule has 4 rings (SSSR count). The van der Waals surface area contributed by atoms with Gasteiger partial charge in [-0.25, -0.2) is 4.79 Å². The van der Waals surface area contributed by atoms with Gasteiger partial charge in [0.25, 0.3) is 0 Å². The van der Waals surface area contributed by atoms with Crippen LogP contribution in [0.1, 0.15) is 61.8 Å². The fourth-order valence-electron chi connectivity index (χ4n) is 7.32. The Morgan fingerprint density at radius 3 is 1.95 bits per heavy atom. The van der Waals surface area contributed by atoms with Crippen molar-refractivity contribution in [1.82, 2.24) is 0 Å². The molecule has 2 aliphatic heterocycles. The Labute approximate surface area is 237 Å². The van der Waals surface area contributed by atoms with Crippen LogP contribution in [0, 0.1) is 17.3 Å². The molecule has 0 aromatic rings. The summed E-state index contributed by atoms with van der Waals surface area (Å²) in [6.07, 6.45) is -8.15. The quantitative estimate of drug-likeness (QED) is 0.202. The number of aliphatic hydroxyl groups is 2. The first-order valence-electron chi connectivity index (χ1n) is 13.6. The van der Waals surface area contributed by atoms with Crippen molar-refractivity contribution >= 4 is 29.8 Å². The third kappa shape index (κ3) is 4.71. The third-order valence-corrected chi connectivity index (χ3v) is 9.20. The molecule has 0 bridgehead atoms. The molecule has 1 spiro atoms. The number of carbonyl (C=O) groups excluding carboxylic acids is 5. The number of aliphatic hydroxyl groups excluding tert-OH is 2. The van der Waals surface area contributed by atoms with Crippen molar-refractivity contribution in [3.05, 3.63) is 11.6 Å². The zero-order valence-corrected chi connectivity index (χ0v) is 24.4. The number of hydrogen-bond donors (Lipinski definition) is 2. The highest BCUT2D eigenvalue weighted by molar-refractivity contribution is 5.89. The number of carbonyl (C=O) groups is 5. The molecule has 2 heterocycles. The van der Waals surface area contributed by atoms with Crippen molar-refractivity contribution in [1.29, 1.82) is 0 Å². The summed E-state index contributed by atoms with van der Waals surface area (Å²) in [5.74, 6) is -5.56. The maximum absolute atomic E-state index is 13.1. The van der Waals surface area contributed by atoms with E-state index < -0.39 is 101 Å². The standard InChI is InChI=1S/C28H38O13/c1-11-9-19-28(27(8,41-28)25(35)40-19)23(38-15(5)31)20-12(2)17(33)10-18(36-13(3)29)26(20,7)24(39-16(6)32)21(34)22(11)37-14(4)30/h9,12,17-24,33-34H,10H2,1-8H3. The van der Waals surface area contributed by atoms with E-state index in [0.717, 1.165) is 20.8 Å². The van der Waals surface area contributed by atoms with E-state index >= 15 is 0 Å². The van der Waals surface area contributed by atoms with Crippen LogP contribution >= 0.6 is 0 Å². The van der Waals surface area contributed by atoms with Gasteiger partial charge in [0.1, 0.15) is 24.4 Å². The van der Waals surface area contributed by atoms with Gasteiger partial charge in [-0.15, -0.1) is 0 Å². The van der Waals surface area contributed by atoms with Gasteiger partial charge in [-0.2, -0.15) is 0 Å². The SMILES string of the molecule is CC(=O)OC1C(C)=CC2OC(=O)C3(C)OC23C(OC(C)=O)C2C(C)C(O)CC(OC(C)=O)C2(C)C(OC(C)=O)C1O. The summed E-state index contributed by atoms with van der Waals surface area (Å²) in [5, 5.41) is 23.1. The lowest BCUT2D eigenvalue weighted by Gasteiger charge is -2.57. The first kappa shape index (κ1) is 30.9. The van der Waals surface area contributed by atoms with Gasteiger partial charge in [-0.05, 0) is 31.4 Å². The molecule has 12 unspecified atom stereocenters. The molecule has 0 radical (unpaired) electrons. The molecule has 41 heavy (non-hydrogen) atoms. The minimum Gasteiger partial charge on any atom is -0.462 e. The Morgan fingerprint density at radius 2 is 1.44 bits per heavy atom. The lowest BCUT2D eigenvalue weighted by atomic mass is 9.52. The lowest BCUT2D eigenvalue weighted by Crippen LogP contribution is -2.69. The van der Waals surface area contributed by atoms with E-state index in [9.17, 15) is 34.2 Å². The third-order valence-electron chi connectivity index (χ3n) is 9.20. The second-order valence-electron chi connectivity index (χ2n) is 11.9. The summed E-state index contributed by atoms with van der Waals surface area (Å²) < 4.78 is 34.7. The van der Waals surface area contributed by atoms with Crippen LogP contribution in [0.2, 0.25) is 0 Å². The zero-order valence-electron chi connectivity index (χ0n) is 24.4. The van der Waals surface area contributed by atoms with Crippen LogP contribution in [0.3, 0.4) is 0 Å². The fourth-order valence-corrected chi connectivity index (χ4v) is 7.32. The number of rotatable bonds is 4. The number of epoxide rings is 1. The number of esters is 5. The van der Waals surface area contributed by atoms with Crippen LogP contribution in [0.15, 0.2) is 11.6 Å². The monoisotopic (exact) mass is 582 g/mol. The van der Waals surface area contributed by atoms with Gasteiger partial charge in [0.15, 0.2) is 23.4 Å². The molecule has 12 atom stereocenters. The molecule has 13 nitrogen and oxygen atoms in total. The average Bonchev–Trinajstić information content (AvgIpc) is 3.43. The van der Waals surface area contributed by atoms with Crippen LogP contribution < -0.4 is 0 Å². The molecule has 0 aromatic carbocycles. The highest BCUT2D eigenvalue weighted by atomic mass is 16.7. The van der Waals surface area contributed by atoms with Gasteiger partial charge < -0.3 is 38.6 Å². The number of fused-ring (bicyclic) bond motifs is 1. The Bertz CT molecular complexity index is 1180. The van der Waals surface area contributed by atoms with Gasteiger partial charge >= 0.3 is 29.8 Å². The van der Waals surface area contributed by atoms with Crippen LogP contribution in [0.5, 0.6) is 0 Å². The molecule has 1 saturated carbocycles. The highest BCUT2D eigenvalue weighted by Crippen LogP contribution is 2.65. The second-order valence-corrected chi connectivity index (χ2v) is 11.9. The highest BCUT2D eigenvalue weighted by Gasteiger charge is 2.87. The van der Waals surface area contributed by atoms with E-state index in [1.54, 1.807) is 13.8 Å². The summed E-state index contributed by atoms with van der Waals surface area (Å²) in [6.45, 7) is 10.9. The molecule has 0 amide bonds. The largest absolute Gasteiger partial charge is 0.462 e. The van der Waals surface area contributed by atoms with Gasteiger partial charge in [-0.1, -0.05) is 13.8 Å². The predicted octanol–water partition coefficient (Wildman–Crippen LogP) is 0.510. The van der Waals surface area contributed by atoms with E-state index in [1.807, 2.05) is 0 Å². The number of ether oxygens (including phenoxy) is 6. The van der Waals surface area contributed by atoms with Gasteiger partial charge in [0.2, 0.25) is 0 Å². The summed E-state index contributed by atoms with van der Waals surface area (Å²) >= 11 is 0. The van der Waals surface area contributed by atoms with Crippen LogP contribution in [-0.2, 0) is 52.4 Å². The maximum Gasteiger partial charge on any atom is 0.342 e. The molecular formula is C28H38O13. The Hall–Kier alpha value is -3.03. The Balaban J connectivity index is 2.09. The molecule has 4 aliphatic rings. The van der Waals surface area contributed by atoms with Gasteiger partial charge in [0.05, 0.1) is 11.5 Å². The summed E-state index contributed by atoms with van der Waals surface area (Å²) in [6, 6.07) is 0. The average molecular weight is 583 g/mol. The van der Waals surface area contributed by atoms with Crippen molar-refractivity contribution in [3.63, 3.8) is 0 Å². The van der Waals surface area contributed by atoms with Crippen LogP contribution in [0.4, 0.5) is 0 Å². The summed E-state index contributed by atoms with van der Waals surface area (Å²) in [4.78, 5) is 62.8. The lowest BCUT2D eigenvalue weighted by molar-refractivity contribution is -0.248. The first-order valence-corrected chi connectivity index (χ1v) is 13.6. The van der Waals surface area contributed by atoms with E-state index in [2.05, 4.69) is 0 Å². The molecule has 2 N–H and O–H groups in total.